The first-order chi connectivity index (χ1) is 13.2. The van der Waals surface area contributed by atoms with Gasteiger partial charge in [0, 0.05) is 25.5 Å². The largest absolute Gasteiger partial charge is 0.356 e. The smallest absolute Gasteiger partial charge is 0.263 e. The maximum Gasteiger partial charge on any atom is 0.263 e. The number of anilines is 2. The van der Waals surface area contributed by atoms with Gasteiger partial charge in [0.05, 0.1) is 29.7 Å². The lowest BCUT2D eigenvalue weighted by Crippen LogP contribution is -2.24. The van der Waals surface area contributed by atoms with Gasteiger partial charge in [0.25, 0.3) is 5.91 Å². The first kappa shape index (κ1) is 16.0. The summed E-state index contributed by atoms with van der Waals surface area (Å²) in [6.45, 7) is 4.82. The van der Waals surface area contributed by atoms with Gasteiger partial charge in [-0.2, -0.15) is 5.10 Å². The van der Waals surface area contributed by atoms with E-state index in [1.54, 1.807) is 22.0 Å². The molecule has 1 amide bonds. The van der Waals surface area contributed by atoms with Crippen LogP contribution in [-0.4, -0.2) is 38.7 Å². The third kappa shape index (κ3) is 2.75. The molecule has 0 aliphatic carbocycles. The molecule has 0 radical (unpaired) electrons. The Kier molecular flexibility index (Phi) is 3.67. The summed E-state index contributed by atoms with van der Waals surface area (Å²) in [5, 5.41) is 4.60. The topological polar surface area (TPSA) is 67.2 Å². The van der Waals surface area contributed by atoms with E-state index in [1.807, 2.05) is 36.5 Å². The molecule has 2 aliphatic heterocycles. The Hall–Kier alpha value is -3.22. The van der Waals surface area contributed by atoms with Gasteiger partial charge in [-0.25, -0.2) is 14.6 Å². The number of amides is 1. The highest BCUT2D eigenvalue weighted by Gasteiger charge is 2.32. The quantitative estimate of drug-likeness (QED) is 0.718. The minimum absolute atomic E-state index is 0.0643. The SMILES string of the molecule is C[C@H]1CCN(c2ccc(-n3cc4c(n3)CN(c3ccccn3)C4=O)cn2)C1. The lowest BCUT2D eigenvalue weighted by molar-refractivity contribution is 0.0995. The summed E-state index contributed by atoms with van der Waals surface area (Å²) >= 11 is 0. The molecule has 5 rings (SSSR count). The summed E-state index contributed by atoms with van der Waals surface area (Å²) in [7, 11) is 0. The molecule has 0 N–H and O–H groups in total. The van der Waals surface area contributed by atoms with E-state index < -0.39 is 0 Å². The van der Waals surface area contributed by atoms with Crippen molar-refractivity contribution in [2.75, 3.05) is 22.9 Å². The molecule has 0 bridgehead atoms. The van der Waals surface area contributed by atoms with E-state index in [2.05, 4.69) is 26.9 Å². The zero-order valence-electron chi connectivity index (χ0n) is 15.1. The molecule has 136 valence electrons. The van der Waals surface area contributed by atoms with Crippen LogP contribution in [0.4, 0.5) is 11.6 Å². The summed E-state index contributed by atoms with van der Waals surface area (Å²) in [6.07, 6.45) is 6.51. The van der Waals surface area contributed by atoms with Crippen LogP contribution in [0.2, 0.25) is 0 Å². The Balaban J connectivity index is 1.37. The van der Waals surface area contributed by atoms with Crippen LogP contribution in [0, 0.1) is 5.92 Å². The number of rotatable bonds is 3. The van der Waals surface area contributed by atoms with Gasteiger partial charge >= 0.3 is 0 Å². The minimum Gasteiger partial charge on any atom is -0.356 e. The first-order valence-electron chi connectivity index (χ1n) is 9.22. The second-order valence-corrected chi connectivity index (χ2v) is 7.23. The van der Waals surface area contributed by atoms with E-state index in [0.29, 0.717) is 23.8 Å². The fourth-order valence-electron chi connectivity index (χ4n) is 3.75. The number of carbonyl (C=O) groups is 1. The highest BCUT2D eigenvalue weighted by Crippen LogP contribution is 2.27. The van der Waals surface area contributed by atoms with Crippen LogP contribution in [0.5, 0.6) is 0 Å². The van der Waals surface area contributed by atoms with Gasteiger partial charge in [-0.05, 0) is 36.6 Å². The van der Waals surface area contributed by atoms with E-state index in [-0.39, 0.29) is 5.91 Å². The lowest BCUT2D eigenvalue weighted by Gasteiger charge is -2.17. The van der Waals surface area contributed by atoms with Crippen molar-refractivity contribution in [1.82, 2.24) is 19.7 Å². The van der Waals surface area contributed by atoms with Gasteiger partial charge in [0.1, 0.15) is 11.6 Å². The standard InChI is InChI=1S/C20H20N6O/c1-14-7-9-24(11-14)18-6-5-15(10-22-18)26-12-16-17(23-26)13-25(20(16)27)19-4-2-3-8-21-19/h2-6,8,10,12,14H,7,9,11,13H2,1H3/t14-/m0/s1. The Morgan fingerprint density at radius 2 is 2.04 bits per heavy atom. The summed E-state index contributed by atoms with van der Waals surface area (Å²) in [4.78, 5) is 25.5. The summed E-state index contributed by atoms with van der Waals surface area (Å²) in [5.41, 5.74) is 2.25. The van der Waals surface area contributed by atoms with Crippen molar-refractivity contribution in [3.05, 3.63) is 60.2 Å². The highest BCUT2D eigenvalue weighted by molar-refractivity contribution is 6.09. The molecule has 0 aromatic carbocycles. The molecule has 0 unspecified atom stereocenters. The highest BCUT2D eigenvalue weighted by atomic mass is 16.2. The number of pyridine rings is 2. The molecule has 0 spiro atoms. The van der Waals surface area contributed by atoms with Crippen molar-refractivity contribution in [3.63, 3.8) is 0 Å². The lowest BCUT2D eigenvalue weighted by atomic mass is 10.2. The second-order valence-electron chi connectivity index (χ2n) is 7.23. The summed E-state index contributed by atoms with van der Waals surface area (Å²) in [6, 6.07) is 9.58. The van der Waals surface area contributed by atoms with E-state index in [0.717, 1.165) is 30.3 Å². The fraction of sp³-hybridized carbons (Fsp3) is 0.300. The van der Waals surface area contributed by atoms with Gasteiger partial charge in [0.2, 0.25) is 0 Å². The molecule has 1 fully saturated rings. The zero-order valence-corrected chi connectivity index (χ0v) is 15.1. The van der Waals surface area contributed by atoms with Gasteiger partial charge in [-0.3, -0.25) is 9.69 Å². The van der Waals surface area contributed by atoms with Crippen molar-refractivity contribution < 1.29 is 4.79 Å². The van der Waals surface area contributed by atoms with Crippen LogP contribution in [0.15, 0.2) is 48.9 Å². The number of fused-ring (bicyclic) bond motifs is 1. The normalized spacial score (nSPS) is 19.0. The van der Waals surface area contributed by atoms with Crippen molar-refractivity contribution in [2.24, 2.45) is 5.92 Å². The summed E-state index contributed by atoms with van der Waals surface area (Å²) in [5.74, 6) is 2.30. The summed E-state index contributed by atoms with van der Waals surface area (Å²) < 4.78 is 1.74. The van der Waals surface area contributed by atoms with E-state index in [1.165, 1.54) is 6.42 Å². The second kappa shape index (κ2) is 6.19. The molecule has 1 saturated heterocycles. The minimum atomic E-state index is -0.0643. The molecule has 7 heteroatoms. The third-order valence-corrected chi connectivity index (χ3v) is 5.24. The zero-order chi connectivity index (χ0) is 18.4. The van der Waals surface area contributed by atoms with Gasteiger partial charge < -0.3 is 4.90 Å². The maximum absolute atomic E-state index is 12.7. The number of aromatic nitrogens is 4. The van der Waals surface area contributed by atoms with Gasteiger partial charge in [-0.15, -0.1) is 0 Å². The number of nitrogens with zero attached hydrogens (tertiary/aromatic N) is 6. The third-order valence-electron chi connectivity index (χ3n) is 5.24. The molecule has 2 aliphatic rings. The Bertz CT molecular complexity index is 981. The van der Waals surface area contributed by atoms with Crippen LogP contribution in [0.1, 0.15) is 29.4 Å². The van der Waals surface area contributed by atoms with Gasteiger partial charge in [0.15, 0.2) is 0 Å². The monoisotopic (exact) mass is 360 g/mol. The number of hydrogen-bond acceptors (Lipinski definition) is 5. The molecule has 7 nitrogen and oxygen atoms in total. The molecule has 3 aromatic rings. The predicted molar refractivity (Wildman–Crippen MR) is 102 cm³/mol. The Morgan fingerprint density at radius 1 is 1.11 bits per heavy atom. The van der Waals surface area contributed by atoms with Crippen LogP contribution >= 0.6 is 0 Å². The van der Waals surface area contributed by atoms with E-state index >= 15 is 0 Å². The van der Waals surface area contributed by atoms with Crippen LogP contribution in [-0.2, 0) is 6.54 Å². The van der Waals surface area contributed by atoms with Crippen molar-refractivity contribution in [3.8, 4) is 5.69 Å². The molecule has 5 heterocycles. The maximum atomic E-state index is 12.7. The van der Waals surface area contributed by atoms with Crippen LogP contribution < -0.4 is 9.80 Å². The number of carbonyl (C=O) groups excluding carboxylic acids is 1. The average Bonchev–Trinajstić information content (AvgIpc) is 3.39. The molecular formula is C20H20N6O. The van der Waals surface area contributed by atoms with Crippen molar-refractivity contribution in [1.29, 1.82) is 0 Å². The van der Waals surface area contributed by atoms with E-state index in [9.17, 15) is 4.79 Å². The van der Waals surface area contributed by atoms with Gasteiger partial charge in [-0.1, -0.05) is 13.0 Å². The van der Waals surface area contributed by atoms with Crippen molar-refractivity contribution >= 4 is 17.5 Å². The van der Waals surface area contributed by atoms with Crippen molar-refractivity contribution in [2.45, 2.75) is 19.9 Å². The molecular weight excluding hydrogens is 340 g/mol. The molecule has 27 heavy (non-hydrogen) atoms. The van der Waals surface area contributed by atoms with Crippen LogP contribution in [0.25, 0.3) is 5.69 Å². The molecule has 1 atom stereocenters. The predicted octanol–water partition coefficient (Wildman–Crippen LogP) is 2.67. The molecule has 0 saturated carbocycles. The first-order valence-corrected chi connectivity index (χ1v) is 9.22. The Morgan fingerprint density at radius 3 is 2.70 bits per heavy atom. The Labute approximate surface area is 157 Å². The van der Waals surface area contributed by atoms with E-state index in [4.69, 9.17) is 0 Å². The number of hydrogen-bond donors (Lipinski definition) is 0. The average molecular weight is 360 g/mol. The van der Waals surface area contributed by atoms with Crippen LogP contribution in [0.3, 0.4) is 0 Å². The fourth-order valence-corrected chi connectivity index (χ4v) is 3.75. The molecule has 3 aromatic heterocycles.